The molecule has 1 N–H and O–H groups in total. The molecule has 0 saturated heterocycles. The Bertz CT molecular complexity index is 565. The van der Waals surface area contributed by atoms with E-state index in [0.717, 1.165) is 29.9 Å². The van der Waals surface area contributed by atoms with Gasteiger partial charge in [0.1, 0.15) is 5.76 Å². The van der Waals surface area contributed by atoms with Crippen LogP contribution in [0, 0.1) is 6.92 Å². The van der Waals surface area contributed by atoms with E-state index >= 15 is 0 Å². The zero-order chi connectivity index (χ0) is 14.5. The first-order valence-corrected chi connectivity index (χ1v) is 7.64. The van der Waals surface area contributed by atoms with Crippen molar-refractivity contribution in [2.24, 2.45) is 0 Å². The zero-order valence-electron chi connectivity index (χ0n) is 12.2. The number of nitrogens with one attached hydrogen (secondary N) is 1. The van der Waals surface area contributed by atoms with Crippen molar-refractivity contribution in [2.75, 3.05) is 18.5 Å². The molecule has 1 aromatic heterocycles. The predicted molar refractivity (Wildman–Crippen MR) is 87.1 cm³/mol. The molecule has 0 aliphatic heterocycles. The lowest BCUT2D eigenvalue weighted by Crippen LogP contribution is -2.17. The molecule has 2 rings (SSSR count). The lowest BCUT2D eigenvalue weighted by molar-refractivity contribution is 0.529. The highest BCUT2D eigenvalue weighted by atomic mass is 79.9. The van der Waals surface area contributed by atoms with Crippen molar-refractivity contribution in [3.05, 3.63) is 51.9 Å². The summed E-state index contributed by atoms with van der Waals surface area (Å²) in [4.78, 5) is 2.22. The summed E-state index contributed by atoms with van der Waals surface area (Å²) in [6, 6.07) is 8.52. The van der Waals surface area contributed by atoms with E-state index in [-0.39, 0.29) is 0 Å². The molecular weight excluding hydrogens is 316 g/mol. The van der Waals surface area contributed by atoms with Crippen LogP contribution in [0.4, 0.5) is 5.69 Å². The van der Waals surface area contributed by atoms with E-state index in [1.807, 2.05) is 13.0 Å². The maximum atomic E-state index is 5.34. The standard InChI is InChI=1S/C16H21BrN2O/c1-4-18-10-13-5-6-15(9-16(13)17)19(3)11-14-7-8-20-12(14)2/h5-9,18H,4,10-11H2,1-3H3. The molecule has 0 saturated carbocycles. The van der Waals surface area contributed by atoms with Gasteiger partial charge >= 0.3 is 0 Å². The SMILES string of the molecule is CCNCc1ccc(N(C)Cc2ccoc2C)cc1Br. The number of aryl methyl sites for hydroxylation is 1. The van der Waals surface area contributed by atoms with Crippen molar-refractivity contribution in [1.82, 2.24) is 5.32 Å². The van der Waals surface area contributed by atoms with Crippen LogP contribution >= 0.6 is 15.9 Å². The van der Waals surface area contributed by atoms with Crippen LogP contribution in [0.3, 0.4) is 0 Å². The average molecular weight is 337 g/mol. The lowest BCUT2D eigenvalue weighted by atomic mass is 10.1. The fourth-order valence-corrected chi connectivity index (χ4v) is 2.61. The minimum atomic E-state index is 0.849. The van der Waals surface area contributed by atoms with Crippen LogP contribution < -0.4 is 10.2 Å². The molecule has 4 heteroatoms. The van der Waals surface area contributed by atoms with Gasteiger partial charge in [-0.15, -0.1) is 0 Å². The third-order valence-corrected chi connectivity index (χ3v) is 4.15. The highest BCUT2D eigenvalue weighted by Gasteiger charge is 2.08. The molecule has 0 bridgehead atoms. The molecular formula is C16H21BrN2O. The Morgan fingerprint density at radius 2 is 2.05 bits per heavy atom. The van der Waals surface area contributed by atoms with Crippen molar-refractivity contribution in [3.63, 3.8) is 0 Å². The van der Waals surface area contributed by atoms with Gasteiger partial charge in [0.05, 0.1) is 6.26 Å². The van der Waals surface area contributed by atoms with Gasteiger partial charge in [-0.3, -0.25) is 0 Å². The third kappa shape index (κ3) is 3.64. The third-order valence-electron chi connectivity index (χ3n) is 3.42. The quantitative estimate of drug-likeness (QED) is 0.860. The molecule has 0 fully saturated rings. The van der Waals surface area contributed by atoms with Gasteiger partial charge in [-0.05, 0) is 37.2 Å². The minimum Gasteiger partial charge on any atom is -0.469 e. The summed E-state index contributed by atoms with van der Waals surface area (Å²) in [5, 5.41) is 3.34. The van der Waals surface area contributed by atoms with Crippen LogP contribution in [0.15, 0.2) is 39.4 Å². The summed E-state index contributed by atoms with van der Waals surface area (Å²) in [6.07, 6.45) is 1.74. The van der Waals surface area contributed by atoms with E-state index in [4.69, 9.17) is 4.42 Å². The Hall–Kier alpha value is -1.26. The molecule has 1 aromatic carbocycles. The summed E-state index contributed by atoms with van der Waals surface area (Å²) in [7, 11) is 2.10. The Morgan fingerprint density at radius 1 is 1.25 bits per heavy atom. The second-order valence-corrected chi connectivity index (χ2v) is 5.77. The van der Waals surface area contributed by atoms with Gasteiger partial charge in [0.15, 0.2) is 0 Å². The number of halogens is 1. The summed E-state index contributed by atoms with van der Waals surface area (Å²) in [5.74, 6) is 0.986. The van der Waals surface area contributed by atoms with Gasteiger partial charge in [-0.25, -0.2) is 0 Å². The predicted octanol–water partition coefficient (Wildman–Crippen LogP) is 4.10. The van der Waals surface area contributed by atoms with Gasteiger partial charge < -0.3 is 14.6 Å². The minimum absolute atomic E-state index is 0.849. The largest absolute Gasteiger partial charge is 0.469 e. The molecule has 20 heavy (non-hydrogen) atoms. The van der Waals surface area contributed by atoms with Crippen LogP contribution in [0.1, 0.15) is 23.8 Å². The summed E-state index contributed by atoms with van der Waals surface area (Å²) >= 11 is 3.65. The van der Waals surface area contributed by atoms with Crippen LogP contribution in [-0.2, 0) is 13.1 Å². The second kappa shape index (κ2) is 6.95. The Morgan fingerprint density at radius 3 is 2.65 bits per heavy atom. The van der Waals surface area contributed by atoms with E-state index < -0.39 is 0 Å². The van der Waals surface area contributed by atoms with Gasteiger partial charge in [-0.1, -0.05) is 28.9 Å². The number of nitrogens with zero attached hydrogens (tertiary/aromatic N) is 1. The van der Waals surface area contributed by atoms with Crippen LogP contribution in [0.25, 0.3) is 0 Å². The molecule has 0 aliphatic carbocycles. The number of anilines is 1. The molecule has 0 amide bonds. The first-order valence-electron chi connectivity index (χ1n) is 6.85. The highest BCUT2D eigenvalue weighted by molar-refractivity contribution is 9.10. The van der Waals surface area contributed by atoms with Crippen LogP contribution in [0.2, 0.25) is 0 Å². The van der Waals surface area contributed by atoms with E-state index in [9.17, 15) is 0 Å². The maximum Gasteiger partial charge on any atom is 0.105 e. The number of hydrogen-bond donors (Lipinski definition) is 1. The summed E-state index contributed by atoms with van der Waals surface area (Å²) in [5.41, 5.74) is 3.70. The van der Waals surface area contributed by atoms with Crippen molar-refractivity contribution in [2.45, 2.75) is 26.9 Å². The lowest BCUT2D eigenvalue weighted by Gasteiger charge is -2.20. The fourth-order valence-electron chi connectivity index (χ4n) is 2.10. The van der Waals surface area contributed by atoms with E-state index in [2.05, 4.69) is 58.3 Å². The normalized spacial score (nSPS) is 10.8. The van der Waals surface area contributed by atoms with Crippen molar-refractivity contribution in [1.29, 1.82) is 0 Å². The van der Waals surface area contributed by atoms with Gasteiger partial charge in [0.2, 0.25) is 0 Å². The molecule has 0 atom stereocenters. The summed E-state index contributed by atoms with van der Waals surface area (Å²) in [6.45, 7) is 6.83. The van der Waals surface area contributed by atoms with E-state index in [1.54, 1.807) is 6.26 Å². The average Bonchev–Trinajstić information content (AvgIpc) is 2.83. The number of furan rings is 1. The Balaban J connectivity index is 2.08. The maximum absolute atomic E-state index is 5.34. The van der Waals surface area contributed by atoms with Crippen molar-refractivity contribution < 1.29 is 4.42 Å². The fraction of sp³-hybridized carbons (Fsp3) is 0.375. The van der Waals surface area contributed by atoms with Crippen LogP contribution in [-0.4, -0.2) is 13.6 Å². The smallest absolute Gasteiger partial charge is 0.105 e. The van der Waals surface area contributed by atoms with Gasteiger partial charge in [0.25, 0.3) is 0 Å². The van der Waals surface area contributed by atoms with Gasteiger partial charge in [0, 0.05) is 35.9 Å². The highest BCUT2D eigenvalue weighted by Crippen LogP contribution is 2.25. The molecule has 0 radical (unpaired) electrons. The number of benzene rings is 1. The molecule has 0 aliphatic rings. The molecule has 108 valence electrons. The van der Waals surface area contributed by atoms with Gasteiger partial charge in [-0.2, -0.15) is 0 Å². The molecule has 2 aromatic rings. The molecule has 0 unspecified atom stereocenters. The first kappa shape index (κ1) is 15.1. The summed E-state index contributed by atoms with van der Waals surface area (Å²) < 4.78 is 6.49. The van der Waals surface area contributed by atoms with E-state index in [0.29, 0.717) is 0 Å². The molecule has 1 heterocycles. The van der Waals surface area contributed by atoms with Crippen LogP contribution in [0.5, 0.6) is 0 Å². The first-order chi connectivity index (χ1) is 9.61. The monoisotopic (exact) mass is 336 g/mol. The Labute approximate surface area is 129 Å². The number of hydrogen-bond acceptors (Lipinski definition) is 3. The topological polar surface area (TPSA) is 28.4 Å². The van der Waals surface area contributed by atoms with Crippen molar-refractivity contribution in [3.8, 4) is 0 Å². The zero-order valence-corrected chi connectivity index (χ0v) is 13.8. The van der Waals surface area contributed by atoms with E-state index in [1.165, 1.54) is 16.8 Å². The Kier molecular flexibility index (Phi) is 5.26. The van der Waals surface area contributed by atoms with Crippen molar-refractivity contribution >= 4 is 21.6 Å². The molecule has 3 nitrogen and oxygen atoms in total. The number of rotatable bonds is 6. The molecule has 0 spiro atoms. The second-order valence-electron chi connectivity index (χ2n) is 4.91.